The predicted octanol–water partition coefficient (Wildman–Crippen LogP) is 3.07. The van der Waals surface area contributed by atoms with E-state index in [0.29, 0.717) is 31.0 Å². The molecule has 23 heavy (non-hydrogen) atoms. The summed E-state index contributed by atoms with van der Waals surface area (Å²) >= 11 is 0. The minimum absolute atomic E-state index is 0. The van der Waals surface area contributed by atoms with Gasteiger partial charge >= 0.3 is 0 Å². The van der Waals surface area contributed by atoms with Crippen molar-refractivity contribution in [3.05, 3.63) is 65.2 Å². The highest BCUT2D eigenvalue weighted by Crippen LogP contribution is 2.15. The number of hydrogen-bond acceptors (Lipinski definition) is 3. The second-order valence-electron chi connectivity index (χ2n) is 5.20. The van der Waals surface area contributed by atoms with Crippen LogP contribution in [0.1, 0.15) is 27.9 Å². The van der Waals surface area contributed by atoms with Crippen molar-refractivity contribution < 1.29 is 9.53 Å². The van der Waals surface area contributed by atoms with Crippen molar-refractivity contribution in [2.75, 3.05) is 13.1 Å². The van der Waals surface area contributed by atoms with E-state index < -0.39 is 0 Å². The van der Waals surface area contributed by atoms with Crippen molar-refractivity contribution in [1.29, 1.82) is 0 Å². The summed E-state index contributed by atoms with van der Waals surface area (Å²) in [6, 6.07) is 15.4. The normalized spacial score (nSPS) is 9.83. The molecule has 2 rings (SSSR count). The summed E-state index contributed by atoms with van der Waals surface area (Å²) in [5.74, 6) is 0.586. The lowest BCUT2D eigenvalue weighted by Gasteiger charge is -2.09. The molecule has 124 valence electrons. The lowest BCUT2D eigenvalue weighted by molar-refractivity contribution is 0.0953. The van der Waals surface area contributed by atoms with Crippen molar-refractivity contribution in [2.24, 2.45) is 5.73 Å². The first-order valence-corrected chi connectivity index (χ1v) is 7.46. The van der Waals surface area contributed by atoms with Crippen LogP contribution in [0.5, 0.6) is 5.75 Å². The van der Waals surface area contributed by atoms with Crippen molar-refractivity contribution in [3.63, 3.8) is 0 Å². The van der Waals surface area contributed by atoms with Crippen molar-refractivity contribution in [3.8, 4) is 5.75 Å². The number of nitrogens with one attached hydrogen (secondary N) is 1. The zero-order chi connectivity index (χ0) is 15.8. The molecule has 0 heterocycles. The summed E-state index contributed by atoms with van der Waals surface area (Å²) in [5.41, 5.74) is 8.32. The number of ether oxygens (including phenoxy) is 1. The molecule has 0 unspecified atom stereocenters. The summed E-state index contributed by atoms with van der Waals surface area (Å²) in [7, 11) is 0. The van der Waals surface area contributed by atoms with Gasteiger partial charge in [-0.3, -0.25) is 4.79 Å². The van der Waals surface area contributed by atoms with E-state index in [9.17, 15) is 4.79 Å². The molecule has 3 N–H and O–H groups in total. The maximum absolute atomic E-state index is 12.0. The van der Waals surface area contributed by atoms with E-state index in [4.69, 9.17) is 10.5 Å². The van der Waals surface area contributed by atoms with Crippen LogP contribution >= 0.6 is 12.4 Å². The van der Waals surface area contributed by atoms with Gasteiger partial charge < -0.3 is 15.8 Å². The lowest BCUT2D eigenvalue weighted by atomic mass is 10.1. The Morgan fingerprint density at radius 2 is 1.96 bits per heavy atom. The highest BCUT2D eigenvalue weighted by atomic mass is 35.5. The van der Waals surface area contributed by atoms with Gasteiger partial charge in [0, 0.05) is 12.1 Å². The number of hydrogen-bond donors (Lipinski definition) is 2. The van der Waals surface area contributed by atoms with Gasteiger partial charge in [-0.25, -0.2) is 0 Å². The number of carbonyl (C=O) groups is 1. The quantitative estimate of drug-likeness (QED) is 0.765. The molecule has 0 radical (unpaired) electrons. The summed E-state index contributed by atoms with van der Waals surface area (Å²) < 4.78 is 5.76. The molecule has 0 aliphatic heterocycles. The van der Waals surface area contributed by atoms with Gasteiger partial charge in [0.15, 0.2) is 0 Å². The van der Waals surface area contributed by atoms with Gasteiger partial charge in [-0.05, 0) is 43.7 Å². The minimum Gasteiger partial charge on any atom is -0.489 e. The molecule has 2 aromatic rings. The topological polar surface area (TPSA) is 64.3 Å². The lowest BCUT2D eigenvalue weighted by Crippen LogP contribution is -2.25. The SMILES string of the molecule is Cc1cccc(COc2cccc(C(=O)NCCCN)c2)c1.Cl. The maximum atomic E-state index is 12.0. The zero-order valence-corrected chi connectivity index (χ0v) is 14.1. The third kappa shape index (κ3) is 6.30. The van der Waals surface area contributed by atoms with Crippen LogP contribution in [0.2, 0.25) is 0 Å². The second kappa shape index (κ2) is 9.87. The second-order valence-corrected chi connectivity index (χ2v) is 5.20. The number of rotatable bonds is 7. The molecule has 0 aromatic heterocycles. The first-order valence-electron chi connectivity index (χ1n) is 7.46. The van der Waals surface area contributed by atoms with E-state index in [2.05, 4.69) is 24.4 Å². The summed E-state index contributed by atoms with van der Waals surface area (Å²) in [6.07, 6.45) is 0.773. The Bertz CT molecular complexity index is 632. The van der Waals surface area contributed by atoms with Crippen LogP contribution in [0.25, 0.3) is 0 Å². The molecule has 0 bridgehead atoms. The number of halogens is 1. The number of aryl methyl sites for hydroxylation is 1. The van der Waals surface area contributed by atoms with E-state index in [0.717, 1.165) is 12.0 Å². The minimum atomic E-state index is -0.102. The molecular weight excluding hydrogens is 312 g/mol. The van der Waals surface area contributed by atoms with Crippen LogP contribution in [0.3, 0.4) is 0 Å². The maximum Gasteiger partial charge on any atom is 0.251 e. The first kappa shape index (κ1) is 19.0. The highest BCUT2D eigenvalue weighted by molar-refractivity contribution is 5.94. The van der Waals surface area contributed by atoms with E-state index in [-0.39, 0.29) is 18.3 Å². The Balaban J connectivity index is 0.00000264. The molecule has 0 saturated heterocycles. The fraction of sp³-hybridized carbons (Fsp3) is 0.278. The van der Waals surface area contributed by atoms with Crippen LogP contribution < -0.4 is 15.8 Å². The molecule has 2 aromatic carbocycles. The average Bonchev–Trinajstić information content (AvgIpc) is 2.53. The van der Waals surface area contributed by atoms with E-state index >= 15 is 0 Å². The molecule has 0 saturated carbocycles. The van der Waals surface area contributed by atoms with Gasteiger partial charge in [0.2, 0.25) is 0 Å². The smallest absolute Gasteiger partial charge is 0.251 e. The Labute approximate surface area is 143 Å². The highest BCUT2D eigenvalue weighted by Gasteiger charge is 2.06. The third-order valence-corrected chi connectivity index (χ3v) is 3.25. The Kier molecular flexibility index (Phi) is 8.16. The number of carbonyl (C=O) groups excluding carboxylic acids is 1. The van der Waals surface area contributed by atoms with Crippen LogP contribution in [0, 0.1) is 6.92 Å². The predicted molar refractivity (Wildman–Crippen MR) is 95.2 cm³/mol. The van der Waals surface area contributed by atoms with Gasteiger partial charge in [-0.2, -0.15) is 0 Å². The van der Waals surface area contributed by atoms with Crippen LogP contribution in [-0.4, -0.2) is 19.0 Å². The molecule has 0 spiro atoms. The zero-order valence-electron chi connectivity index (χ0n) is 13.2. The van der Waals surface area contributed by atoms with E-state index in [1.165, 1.54) is 5.56 Å². The van der Waals surface area contributed by atoms with Gasteiger partial charge in [-0.1, -0.05) is 35.9 Å². The van der Waals surface area contributed by atoms with Gasteiger partial charge in [0.05, 0.1) is 0 Å². The Hall–Kier alpha value is -2.04. The van der Waals surface area contributed by atoms with Gasteiger partial charge in [0.25, 0.3) is 5.91 Å². The fourth-order valence-corrected chi connectivity index (χ4v) is 2.10. The molecule has 0 aliphatic carbocycles. The van der Waals surface area contributed by atoms with E-state index in [1.807, 2.05) is 24.3 Å². The summed E-state index contributed by atoms with van der Waals surface area (Å²) in [4.78, 5) is 12.0. The van der Waals surface area contributed by atoms with Crippen LogP contribution in [-0.2, 0) is 6.61 Å². The fourth-order valence-electron chi connectivity index (χ4n) is 2.10. The van der Waals surface area contributed by atoms with Crippen LogP contribution in [0.4, 0.5) is 0 Å². The van der Waals surface area contributed by atoms with Crippen molar-refractivity contribution in [1.82, 2.24) is 5.32 Å². The van der Waals surface area contributed by atoms with E-state index in [1.54, 1.807) is 12.1 Å². The molecule has 1 amide bonds. The standard InChI is InChI=1S/C18H22N2O2.ClH/c1-14-5-2-6-15(11-14)13-22-17-8-3-7-16(12-17)18(21)20-10-4-9-19;/h2-3,5-8,11-12H,4,9-10,13,19H2,1H3,(H,20,21);1H. The van der Waals surface area contributed by atoms with Gasteiger partial charge in [0.1, 0.15) is 12.4 Å². The molecule has 4 nitrogen and oxygen atoms in total. The molecule has 0 atom stereocenters. The number of amides is 1. The first-order chi connectivity index (χ1) is 10.7. The summed E-state index contributed by atoms with van der Waals surface area (Å²) in [5, 5.41) is 2.83. The number of benzene rings is 2. The van der Waals surface area contributed by atoms with Gasteiger partial charge in [-0.15, -0.1) is 12.4 Å². The van der Waals surface area contributed by atoms with Crippen LogP contribution in [0.15, 0.2) is 48.5 Å². The number of nitrogens with two attached hydrogens (primary N) is 1. The third-order valence-electron chi connectivity index (χ3n) is 3.25. The van der Waals surface area contributed by atoms with Crippen molar-refractivity contribution >= 4 is 18.3 Å². The van der Waals surface area contributed by atoms with Crippen molar-refractivity contribution in [2.45, 2.75) is 20.0 Å². The molecule has 5 heteroatoms. The average molecular weight is 335 g/mol. The molecule has 0 aliphatic rings. The Morgan fingerprint density at radius 1 is 1.17 bits per heavy atom. The summed E-state index contributed by atoms with van der Waals surface area (Å²) in [6.45, 7) is 3.69. The molecule has 0 fully saturated rings. The monoisotopic (exact) mass is 334 g/mol. The Morgan fingerprint density at radius 3 is 2.70 bits per heavy atom. The molecular formula is C18H23ClN2O2. The largest absolute Gasteiger partial charge is 0.489 e.